The van der Waals surface area contributed by atoms with Crippen molar-refractivity contribution in [3.63, 3.8) is 0 Å². The number of nitrogens with zero attached hydrogens (tertiary/aromatic N) is 4. The second-order valence-corrected chi connectivity index (χ2v) is 5.60. The molecule has 0 spiro atoms. The number of anilines is 1. The van der Waals surface area contributed by atoms with Crippen molar-refractivity contribution < 1.29 is 9.31 Å². The minimum Gasteiger partial charge on any atom is -0.347 e. The maximum absolute atomic E-state index is 14.5. The molecule has 1 aromatic heterocycles. The molecule has 1 aromatic carbocycles. The lowest BCUT2D eigenvalue weighted by Crippen LogP contribution is -2.27. The van der Waals surface area contributed by atoms with Crippen LogP contribution in [0.5, 0.6) is 0 Å². The van der Waals surface area contributed by atoms with Crippen LogP contribution in [0, 0.1) is 15.9 Å². The third-order valence-electron chi connectivity index (χ3n) is 3.91. The van der Waals surface area contributed by atoms with Gasteiger partial charge in [-0.25, -0.2) is 14.4 Å². The fourth-order valence-electron chi connectivity index (χ4n) is 2.57. The Kier molecular flexibility index (Phi) is 4.18. The Morgan fingerprint density at radius 1 is 1.39 bits per heavy atom. The van der Waals surface area contributed by atoms with E-state index in [1.54, 1.807) is 6.07 Å². The van der Waals surface area contributed by atoms with E-state index in [1.807, 2.05) is 17.9 Å². The molecular formula is C16H17FN4O2. The second-order valence-electron chi connectivity index (χ2n) is 5.60. The van der Waals surface area contributed by atoms with Crippen molar-refractivity contribution in [2.24, 2.45) is 0 Å². The molecule has 1 heterocycles. The number of aryl methyl sites for hydroxylation is 1. The lowest BCUT2D eigenvalue weighted by atomic mass is 10.2. The van der Waals surface area contributed by atoms with E-state index in [0.717, 1.165) is 18.4 Å². The molecule has 0 bridgehead atoms. The normalized spacial score (nSPS) is 13.8. The number of hydrogen-bond acceptors (Lipinski definition) is 5. The van der Waals surface area contributed by atoms with Gasteiger partial charge >= 0.3 is 0 Å². The molecule has 0 unspecified atom stereocenters. The summed E-state index contributed by atoms with van der Waals surface area (Å²) in [7, 11) is 0. The molecule has 1 fully saturated rings. The van der Waals surface area contributed by atoms with Crippen molar-refractivity contribution in [2.45, 2.75) is 38.8 Å². The number of benzene rings is 1. The zero-order valence-corrected chi connectivity index (χ0v) is 12.8. The number of aromatic nitrogens is 2. The van der Waals surface area contributed by atoms with Crippen LogP contribution in [0.4, 0.5) is 15.9 Å². The highest BCUT2D eigenvalue weighted by atomic mass is 19.1. The standard InChI is InChI=1S/C16H17FN4O2/c1-2-14-15(17)16(19-10-18-14)20(12-6-7-12)9-11-4-3-5-13(8-11)21(22)23/h3-5,8,10,12H,2,6-7,9H2,1H3. The smallest absolute Gasteiger partial charge is 0.269 e. The summed E-state index contributed by atoms with van der Waals surface area (Å²) in [6.45, 7) is 2.24. The summed E-state index contributed by atoms with van der Waals surface area (Å²) < 4.78 is 14.5. The predicted octanol–water partition coefficient (Wildman–Crippen LogP) is 3.26. The van der Waals surface area contributed by atoms with Crippen molar-refractivity contribution in [2.75, 3.05) is 4.90 Å². The fraction of sp³-hybridized carbons (Fsp3) is 0.375. The van der Waals surface area contributed by atoms with Gasteiger partial charge in [0.1, 0.15) is 6.33 Å². The zero-order valence-electron chi connectivity index (χ0n) is 12.8. The largest absolute Gasteiger partial charge is 0.347 e. The van der Waals surface area contributed by atoms with Gasteiger partial charge in [0.15, 0.2) is 11.6 Å². The maximum atomic E-state index is 14.5. The minimum atomic E-state index is -0.425. The summed E-state index contributed by atoms with van der Waals surface area (Å²) >= 11 is 0. The van der Waals surface area contributed by atoms with E-state index in [1.165, 1.54) is 18.5 Å². The monoisotopic (exact) mass is 316 g/mol. The number of rotatable bonds is 6. The number of nitro groups is 1. The Morgan fingerprint density at radius 2 is 2.17 bits per heavy atom. The average molecular weight is 316 g/mol. The Morgan fingerprint density at radius 3 is 2.83 bits per heavy atom. The van der Waals surface area contributed by atoms with Crippen LogP contribution in [0.3, 0.4) is 0 Å². The van der Waals surface area contributed by atoms with E-state index >= 15 is 0 Å². The maximum Gasteiger partial charge on any atom is 0.269 e. The first-order chi connectivity index (χ1) is 11.1. The van der Waals surface area contributed by atoms with Gasteiger partial charge in [0.2, 0.25) is 0 Å². The summed E-state index contributed by atoms with van der Waals surface area (Å²) in [6, 6.07) is 6.65. The lowest BCUT2D eigenvalue weighted by molar-refractivity contribution is -0.384. The van der Waals surface area contributed by atoms with Gasteiger partial charge in [-0.15, -0.1) is 0 Å². The first kappa shape index (κ1) is 15.3. The predicted molar refractivity (Wildman–Crippen MR) is 83.7 cm³/mol. The summed E-state index contributed by atoms with van der Waals surface area (Å²) in [6.07, 6.45) is 3.82. The molecular weight excluding hydrogens is 299 g/mol. The third kappa shape index (κ3) is 3.28. The van der Waals surface area contributed by atoms with Crippen LogP contribution in [0.1, 0.15) is 31.0 Å². The molecule has 0 saturated heterocycles. The average Bonchev–Trinajstić information content (AvgIpc) is 3.38. The van der Waals surface area contributed by atoms with Gasteiger partial charge in [-0.3, -0.25) is 10.1 Å². The van der Waals surface area contributed by atoms with Gasteiger partial charge in [-0.1, -0.05) is 19.1 Å². The second kappa shape index (κ2) is 6.28. The van der Waals surface area contributed by atoms with E-state index in [4.69, 9.17) is 0 Å². The summed E-state index contributed by atoms with van der Waals surface area (Å²) in [4.78, 5) is 20.4. The number of halogens is 1. The molecule has 2 aromatic rings. The molecule has 6 nitrogen and oxygen atoms in total. The highest BCUT2D eigenvalue weighted by Gasteiger charge is 2.32. The minimum absolute atomic E-state index is 0.0376. The van der Waals surface area contributed by atoms with E-state index in [-0.39, 0.29) is 17.5 Å². The fourth-order valence-corrected chi connectivity index (χ4v) is 2.57. The Labute approximate surface area is 133 Å². The Balaban J connectivity index is 1.91. The van der Waals surface area contributed by atoms with Crippen molar-refractivity contribution >= 4 is 11.5 Å². The summed E-state index contributed by atoms with van der Waals surface area (Å²) in [5.74, 6) is -0.113. The Hall–Kier alpha value is -2.57. The van der Waals surface area contributed by atoms with Gasteiger partial charge in [0.05, 0.1) is 10.6 Å². The van der Waals surface area contributed by atoms with Gasteiger partial charge < -0.3 is 4.90 Å². The highest BCUT2D eigenvalue weighted by molar-refractivity contribution is 5.46. The van der Waals surface area contributed by atoms with Crippen LogP contribution in [0.2, 0.25) is 0 Å². The van der Waals surface area contributed by atoms with E-state index in [2.05, 4.69) is 9.97 Å². The molecule has 1 aliphatic rings. The highest BCUT2D eigenvalue weighted by Crippen LogP contribution is 2.34. The van der Waals surface area contributed by atoms with E-state index < -0.39 is 10.7 Å². The molecule has 23 heavy (non-hydrogen) atoms. The molecule has 1 aliphatic carbocycles. The van der Waals surface area contributed by atoms with Crippen molar-refractivity contribution in [3.8, 4) is 0 Å². The molecule has 7 heteroatoms. The van der Waals surface area contributed by atoms with E-state index in [0.29, 0.717) is 18.7 Å². The quantitative estimate of drug-likeness (QED) is 0.604. The lowest BCUT2D eigenvalue weighted by Gasteiger charge is -2.24. The van der Waals surface area contributed by atoms with Gasteiger partial charge in [-0.2, -0.15) is 0 Å². The first-order valence-electron chi connectivity index (χ1n) is 7.59. The van der Waals surface area contributed by atoms with Crippen LogP contribution in [0.25, 0.3) is 0 Å². The van der Waals surface area contributed by atoms with Crippen molar-refractivity contribution in [1.29, 1.82) is 0 Å². The molecule has 120 valence electrons. The SMILES string of the molecule is CCc1ncnc(N(Cc2cccc([N+](=O)[O-])c2)C2CC2)c1F. The van der Waals surface area contributed by atoms with Crippen LogP contribution in [0.15, 0.2) is 30.6 Å². The van der Waals surface area contributed by atoms with Gasteiger partial charge in [-0.05, 0) is 24.8 Å². The molecule has 1 saturated carbocycles. The van der Waals surface area contributed by atoms with E-state index in [9.17, 15) is 14.5 Å². The zero-order chi connectivity index (χ0) is 16.4. The van der Waals surface area contributed by atoms with Gasteiger partial charge in [0, 0.05) is 24.7 Å². The van der Waals surface area contributed by atoms with Crippen LogP contribution < -0.4 is 4.90 Å². The number of nitro benzene ring substituents is 1. The van der Waals surface area contributed by atoms with Gasteiger partial charge in [0.25, 0.3) is 5.69 Å². The molecule has 0 radical (unpaired) electrons. The van der Waals surface area contributed by atoms with Crippen LogP contribution >= 0.6 is 0 Å². The Bertz CT molecular complexity index is 734. The van der Waals surface area contributed by atoms with Crippen LogP contribution in [-0.2, 0) is 13.0 Å². The number of non-ortho nitro benzene ring substituents is 1. The van der Waals surface area contributed by atoms with Crippen molar-refractivity contribution in [1.82, 2.24) is 9.97 Å². The molecule has 3 rings (SSSR count). The van der Waals surface area contributed by atoms with Crippen LogP contribution in [-0.4, -0.2) is 20.9 Å². The molecule has 0 N–H and O–H groups in total. The molecule has 0 atom stereocenters. The topological polar surface area (TPSA) is 72.2 Å². The third-order valence-corrected chi connectivity index (χ3v) is 3.91. The summed E-state index contributed by atoms with van der Waals surface area (Å²) in [5, 5.41) is 10.9. The molecule has 0 aliphatic heterocycles. The van der Waals surface area contributed by atoms with Crippen molar-refractivity contribution in [3.05, 3.63) is 57.8 Å². The number of hydrogen-bond donors (Lipinski definition) is 0. The molecule has 0 amide bonds. The summed E-state index contributed by atoms with van der Waals surface area (Å²) in [5.41, 5.74) is 1.19. The first-order valence-corrected chi connectivity index (χ1v) is 7.59.